The average molecular weight is 231 g/mol. The van der Waals surface area contributed by atoms with Gasteiger partial charge < -0.3 is 5.01 Å². The third-order valence-corrected chi connectivity index (χ3v) is 2.63. The summed E-state index contributed by atoms with van der Waals surface area (Å²) in [5.41, 5.74) is 0. The average Bonchev–Trinajstić information content (AvgIpc) is 2.96. The van der Waals surface area contributed by atoms with E-state index < -0.39 is 0 Å². The molecule has 2 aromatic heterocycles. The second-order valence-corrected chi connectivity index (χ2v) is 3.86. The molecule has 0 spiro atoms. The molecule has 1 fully saturated rings. The van der Waals surface area contributed by atoms with Gasteiger partial charge in [0.2, 0.25) is 0 Å². The summed E-state index contributed by atoms with van der Waals surface area (Å²) in [5.74, 6) is 0. The molecule has 3 rings (SSSR count). The predicted molar refractivity (Wildman–Crippen MR) is 66.1 cm³/mol. The topological polar surface area (TPSA) is 46.8 Å². The highest BCUT2D eigenvalue weighted by molar-refractivity contribution is 4.90. The van der Waals surface area contributed by atoms with Crippen molar-refractivity contribution in [3.63, 3.8) is 0 Å². The molecule has 0 aliphatic carbocycles. The van der Waals surface area contributed by atoms with E-state index in [1.807, 2.05) is 18.7 Å². The van der Waals surface area contributed by atoms with Crippen LogP contribution < -0.4 is 5.01 Å². The maximum absolute atomic E-state index is 4.02. The van der Waals surface area contributed by atoms with E-state index in [1.54, 1.807) is 18.5 Å². The molecule has 0 radical (unpaired) electrons. The van der Waals surface area contributed by atoms with Crippen LogP contribution >= 0.6 is 0 Å². The summed E-state index contributed by atoms with van der Waals surface area (Å²) in [7, 11) is 0. The lowest BCUT2D eigenvalue weighted by Crippen LogP contribution is -2.38. The van der Waals surface area contributed by atoms with Gasteiger partial charge in [-0.1, -0.05) is 0 Å². The van der Waals surface area contributed by atoms with E-state index in [2.05, 4.69) is 24.6 Å². The maximum Gasteiger partial charge on any atom is 0.115 e. The smallest absolute Gasteiger partial charge is 0.115 e. The van der Waals surface area contributed by atoms with Gasteiger partial charge in [0.1, 0.15) is 12.7 Å². The fourth-order valence-electron chi connectivity index (χ4n) is 1.78. The molecule has 0 atom stereocenters. The number of nitrogens with zero attached hydrogens (tertiary/aromatic N) is 5. The van der Waals surface area contributed by atoms with Crippen molar-refractivity contribution >= 4 is 0 Å². The van der Waals surface area contributed by atoms with Gasteiger partial charge in [0.25, 0.3) is 0 Å². The molecule has 0 unspecified atom stereocenters. The number of hydrogen-bond donors (Lipinski definition) is 0. The molecule has 0 aromatic carbocycles. The van der Waals surface area contributed by atoms with E-state index in [9.17, 15) is 0 Å². The summed E-state index contributed by atoms with van der Waals surface area (Å²) in [5, 5.41) is 2.33. The Bertz CT molecular complexity index is 354. The zero-order valence-corrected chi connectivity index (χ0v) is 9.81. The van der Waals surface area contributed by atoms with Crippen LogP contribution in [0.3, 0.4) is 0 Å². The first-order valence-electron chi connectivity index (χ1n) is 5.90. The van der Waals surface area contributed by atoms with Gasteiger partial charge in [-0.05, 0) is 25.3 Å². The number of aromatic nitrogens is 4. The van der Waals surface area contributed by atoms with Gasteiger partial charge in [0.15, 0.2) is 0 Å². The molecular weight excluding hydrogens is 214 g/mol. The van der Waals surface area contributed by atoms with Crippen LogP contribution in [0.15, 0.2) is 43.5 Å². The summed E-state index contributed by atoms with van der Waals surface area (Å²) in [6, 6.07) is 1.78. The molecule has 17 heavy (non-hydrogen) atoms. The number of hydrogen-bond acceptors (Lipinski definition) is 4. The van der Waals surface area contributed by atoms with Crippen molar-refractivity contribution in [2.45, 2.75) is 19.3 Å². The zero-order chi connectivity index (χ0) is 11.8. The molecule has 90 valence electrons. The van der Waals surface area contributed by atoms with Gasteiger partial charge in [-0.15, -0.1) is 0 Å². The first kappa shape index (κ1) is 11.6. The number of piperidine rings is 1. The first-order chi connectivity index (χ1) is 8.47. The van der Waals surface area contributed by atoms with Crippen molar-refractivity contribution in [1.29, 1.82) is 0 Å². The van der Waals surface area contributed by atoms with E-state index in [0.29, 0.717) is 0 Å². The Hall–Kier alpha value is -1.91. The van der Waals surface area contributed by atoms with Crippen LogP contribution in [0.5, 0.6) is 0 Å². The van der Waals surface area contributed by atoms with Gasteiger partial charge in [-0.3, -0.25) is 4.68 Å². The van der Waals surface area contributed by atoms with Crippen LogP contribution in [0.4, 0.5) is 0 Å². The lowest BCUT2D eigenvalue weighted by atomic mass is 10.2. The molecule has 5 nitrogen and oxygen atoms in total. The van der Waals surface area contributed by atoms with Crippen LogP contribution in [0, 0.1) is 0 Å². The van der Waals surface area contributed by atoms with Gasteiger partial charge >= 0.3 is 0 Å². The van der Waals surface area contributed by atoms with Crippen molar-refractivity contribution in [2.24, 2.45) is 0 Å². The van der Waals surface area contributed by atoms with E-state index >= 15 is 0 Å². The van der Waals surface area contributed by atoms with Gasteiger partial charge in [0, 0.05) is 37.9 Å². The van der Waals surface area contributed by atoms with Gasteiger partial charge in [-0.25, -0.2) is 15.0 Å². The molecule has 2 aromatic rings. The SMILES string of the molecule is c1cn(N2CCCCC2)cn1.c1cncnc1. The third kappa shape index (κ3) is 3.86. The van der Waals surface area contributed by atoms with Crippen LogP contribution in [-0.2, 0) is 0 Å². The van der Waals surface area contributed by atoms with Crippen molar-refractivity contribution < 1.29 is 0 Å². The first-order valence-corrected chi connectivity index (χ1v) is 5.90. The molecule has 0 bridgehead atoms. The second-order valence-electron chi connectivity index (χ2n) is 3.86. The molecule has 1 aliphatic heterocycles. The Labute approximate surface area is 101 Å². The van der Waals surface area contributed by atoms with Gasteiger partial charge in [0.05, 0.1) is 0 Å². The fraction of sp³-hybridized carbons (Fsp3) is 0.417. The summed E-state index contributed by atoms with van der Waals surface area (Å²) in [6.45, 7) is 2.35. The fourth-order valence-corrected chi connectivity index (χ4v) is 1.78. The highest BCUT2D eigenvalue weighted by Gasteiger charge is 2.08. The van der Waals surface area contributed by atoms with Crippen LogP contribution in [0.2, 0.25) is 0 Å². The third-order valence-electron chi connectivity index (χ3n) is 2.63. The predicted octanol–water partition coefficient (Wildman–Crippen LogP) is 1.48. The van der Waals surface area contributed by atoms with Crippen LogP contribution in [0.25, 0.3) is 0 Å². The van der Waals surface area contributed by atoms with Crippen molar-refractivity contribution in [3.05, 3.63) is 43.5 Å². The summed E-state index contributed by atoms with van der Waals surface area (Å²) in [6.07, 6.45) is 14.6. The van der Waals surface area contributed by atoms with E-state index in [-0.39, 0.29) is 0 Å². The summed E-state index contributed by atoms with van der Waals surface area (Å²) >= 11 is 0. The normalized spacial score (nSPS) is 14.9. The largest absolute Gasteiger partial charge is 0.312 e. The molecule has 0 amide bonds. The monoisotopic (exact) mass is 231 g/mol. The Balaban J connectivity index is 0.000000153. The summed E-state index contributed by atoms with van der Waals surface area (Å²) < 4.78 is 2.08. The highest BCUT2D eigenvalue weighted by atomic mass is 15.5. The molecule has 1 aliphatic rings. The minimum Gasteiger partial charge on any atom is -0.312 e. The van der Waals surface area contributed by atoms with E-state index in [0.717, 1.165) is 0 Å². The maximum atomic E-state index is 4.02. The van der Waals surface area contributed by atoms with Gasteiger partial charge in [-0.2, -0.15) is 0 Å². The lowest BCUT2D eigenvalue weighted by Gasteiger charge is -2.28. The Kier molecular flexibility index (Phi) is 4.51. The van der Waals surface area contributed by atoms with E-state index in [1.165, 1.54) is 38.7 Å². The minimum absolute atomic E-state index is 1.18. The zero-order valence-electron chi connectivity index (χ0n) is 9.81. The van der Waals surface area contributed by atoms with Crippen molar-refractivity contribution in [3.8, 4) is 0 Å². The highest BCUT2D eigenvalue weighted by Crippen LogP contribution is 2.06. The molecule has 0 saturated carbocycles. The molecule has 1 saturated heterocycles. The van der Waals surface area contributed by atoms with Crippen LogP contribution in [0.1, 0.15) is 19.3 Å². The molecular formula is C12H17N5. The molecule has 3 heterocycles. The lowest BCUT2D eigenvalue weighted by molar-refractivity contribution is 0.478. The standard InChI is InChI=1S/C8H13N3.C4H4N2/c1-2-5-10(6-3-1)11-7-4-9-8-11;1-2-5-4-6-3-1/h4,7-8H,1-3,5-6H2;1-4H. The Morgan fingerprint density at radius 2 is 1.59 bits per heavy atom. The Morgan fingerprint density at radius 1 is 0.824 bits per heavy atom. The van der Waals surface area contributed by atoms with Crippen molar-refractivity contribution in [2.75, 3.05) is 18.1 Å². The number of rotatable bonds is 1. The Morgan fingerprint density at radius 3 is 2.06 bits per heavy atom. The summed E-state index contributed by atoms with van der Waals surface area (Å²) in [4.78, 5) is 11.4. The van der Waals surface area contributed by atoms with E-state index in [4.69, 9.17) is 0 Å². The molecule has 0 N–H and O–H groups in total. The van der Waals surface area contributed by atoms with Crippen LogP contribution in [-0.4, -0.2) is 32.7 Å². The quantitative estimate of drug-likeness (QED) is 0.746. The number of imidazole rings is 1. The second kappa shape index (κ2) is 6.62. The minimum atomic E-state index is 1.18. The molecule has 5 heteroatoms. The van der Waals surface area contributed by atoms with Crippen molar-refractivity contribution in [1.82, 2.24) is 19.6 Å².